The van der Waals surface area contributed by atoms with Gasteiger partial charge in [-0.3, -0.25) is 4.99 Å². The van der Waals surface area contributed by atoms with Gasteiger partial charge in [0, 0.05) is 32.4 Å². The highest BCUT2D eigenvalue weighted by Gasteiger charge is 2.31. The van der Waals surface area contributed by atoms with Crippen LogP contribution in [0.5, 0.6) is 5.88 Å². The first-order valence-electron chi connectivity index (χ1n) is 9.88. The van der Waals surface area contributed by atoms with E-state index in [0.29, 0.717) is 24.7 Å². The topological polar surface area (TPSA) is 61.8 Å². The van der Waals surface area contributed by atoms with Crippen molar-refractivity contribution in [3.05, 3.63) is 22.8 Å². The summed E-state index contributed by atoms with van der Waals surface area (Å²) in [6.07, 6.45) is 0.796. The first kappa shape index (κ1) is 23.5. The van der Waals surface area contributed by atoms with Gasteiger partial charge in [0.2, 0.25) is 5.88 Å². The minimum absolute atomic E-state index is 0.0242. The van der Waals surface area contributed by atoms with Gasteiger partial charge in [-0.2, -0.15) is 13.2 Å². The van der Waals surface area contributed by atoms with E-state index in [1.807, 2.05) is 0 Å². The fourth-order valence-corrected chi connectivity index (χ4v) is 3.30. The van der Waals surface area contributed by atoms with Gasteiger partial charge >= 0.3 is 6.18 Å². The first-order chi connectivity index (χ1) is 13.8. The molecule has 2 heterocycles. The minimum Gasteiger partial charge on any atom is -0.475 e. The smallest absolute Gasteiger partial charge is 0.417 e. The summed E-state index contributed by atoms with van der Waals surface area (Å²) in [7, 11) is 1.70. The third kappa shape index (κ3) is 7.89. The Balaban J connectivity index is 1.70. The van der Waals surface area contributed by atoms with Gasteiger partial charge < -0.3 is 20.3 Å². The van der Waals surface area contributed by atoms with E-state index in [1.54, 1.807) is 7.05 Å². The van der Waals surface area contributed by atoms with Crippen molar-refractivity contribution in [1.82, 2.24) is 20.5 Å². The summed E-state index contributed by atoms with van der Waals surface area (Å²) >= 11 is 5.83. The molecule has 29 heavy (non-hydrogen) atoms. The van der Waals surface area contributed by atoms with E-state index in [2.05, 4.69) is 32.4 Å². The zero-order valence-corrected chi connectivity index (χ0v) is 17.6. The van der Waals surface area contributed by atoms with Gasteiger partial charge in [0.05, 0.1) is 12.1 Å². The average molecular weight is 436 g/mol. The zero-order valence-electron chi connectivity index (χ0n) is 16.9. The van der Waals surface area contributed by atoms with Crippen LogP contribution in [0.2, 0.25) is 5.02 Å². The molecule has 0 radical (unpaired) electrons. The number of aliphatic imine (C=N–C) groups is 1. The molecule has 0 bridgehead atoms. The molecule has 0 atom stereocenters. The Morgan fingerprint density at radius 3 is 2.69 bits per heavy atom. The molecule has 0 aliphatic carbocycles. The maximum Gasteiger partial charge on any atom is 0.417 e. The lowest BCUT2D eigenvalue weighted by Gasteiger charge is -2.33. The molecule has 1 aliphatic heterocycles. The number of aromatic nitrogens is 1. The molecule has 1 fully saturated rings. The third-order valence-corrected chi connectivity index (χ3v) is 5.02. The number of halogens is 4. The van der Waals surface area contributed by atoms with Crippen LogP contribution in [0.1, 0.15) is 38.2 Å². The number of unbranched alkanes of at least 4 members (excludes halogenated alkanes) is 1. The van der Waals surface area contributed by atoms with Crippen LogP contribution in [-0.4, -0.2) is 61.7 Å². The number of likely N-dealkylation sites (tertiary alicyclic amines) is 1. The van der Waals surface area contributed by atoms with Crippen LogP contribution < -0.4 is 15.4 Å². The number of hydrogen-bond donors (Lipinski definition) is 2. The zero-order chi connectivity index (χ0) is 21.3. The molecule has 1 aromatic rings. The number of ether oxygens (including phenoxy) is 1. The largest absolute Gasteiger partial charge is 0.475 e. The van der Waals surface area contributed by atoms with E-state index < -0.39 is 11.7 Å². The fourth-order valence-electron chi connectivity index (χ4n) is 3.07. The lowest BCUT2D eigenvalue weighted by atomic mass is 10.0. The number of pyridine rings is 1. The summed E-state index contributed by atoms with van der Waals surface area (Å²) in [6, 6.07) is 1.18. The molecular weight excluding hydrogens is 407 g/mol. The number of guanidine groups is 1. The Labute approximate surface area is 174 Å². The molecule has 0 aromatic carbocycles. The number of nitrogens with zero attached hydrogens (tertiary/aromatic N) is 3. The highest BCUT2D eigenvalue weighted by Crippen LogP contribution is 2.32. The summed E-state index contributed by atoms with van der Waals surface area (Å²) in [5, 5.41) is 6.37. The first-order valence-corrected chi connectivity index (χ1v) is 10.3. The Bertz CT molecular complexity index is 664. The molecule has 2 N–H and O–H groups in total. The predicted octanol–water partition coefficient (Wildman–Crippen LogP) is 3.56. The Hall–Kier alpha value is -1.74. The molecule has 0 amide bonds. The minimum atomic E-state index is -4.49. The number of hydrogen-bond acceptors (Lipinski definition) is 4. The van der Waals surface area contributed by atoms with Crippen LogP contribution in [-0.2, 0) is 6.18 Å². The molecule has 0 saturated carbocycles. The van der Waals surface area contributed by atoms with Crippen molar-refractivity contribution in [2.24, 2.45) is 4.99 Å². The molecule has 0 unspecified atom stereocenters. The number of piperidine rings is 1. The SMILES string of the molecule is CCCCN1CCC(NC(=NC)NCCOc2ncc(C(F)(F)F)cc2Cl)CC1. The van der Waals surface area contributed by atoms with Gasteiger partial charge in [0.15, 0.2) is 5.96 Å². The van der Waals surface area contributed by atoms with Crippen molar-refractivity contribution in [2.75, 3.05) is 39.8 Å². The van der Waals surface area contributed by atoms with Crippen LogP contribution in [0, 0.1) is 0 Å². The molecule has 1 aliphatic rings. The maximum absolute atomic E-state index is 12.6. The molecule has 1 aromatic heterocycles. The maximum atomic E-state index is 12.6. The number of alkyl halides is 3. The summed E-state index contributed by atoms with van der Waals surface area (Å²) in [5.74, 6) is 0.649. The van der Waals surface area contributed by atoms with Crippen molar-refractivity contribution in [1.29, 1.82) is 0 Å². The van der Waals surface area contributed by atoms with Crippen LogP contribution in [0.15, 0.2) is 17.3 Å². The van der Waals surface area contributed by atoms with Crippen LogP contribution >= 0.6 is 11.6 Å². The second-order valence-corrected chi connectivity index (χ2v) is 7.38. The average Bonchev–Trinajstić information content (AvgIpc) is 2.69. The van der Waals surface area contributed by atoms with Crippen molar-refractivity contribution >= 4 is 17.6 Å². The Morgan fingerprint density at radius 1 is 1.38 bits per heavy atom. The van der Waals surface area contributed by atoms with E-state index in [9.17, 15) is 13.2 Å². The van der Waals surface area contributed by atoms with Crippen LogP contribution in [0.3, 0.4) is 0 Å². The Morgan fingerprint density at radius 2 is 2.10 bits per heavy atom. The molecule has 1 saturated heterocycles. The summed E-state index contributed by atoms with van der Waals surface area (Å²) in [4.78, 5) is 10.4. The molecule has 0 spiro atoms. The van der Waals surface area contributed by atoms with E-state index in [1.165, 1.54) is 12.8 Å². The standard InChI is InChI=1S/C19H29ClF3N5O/c1-3-4-8-28-9-5-15(6-10-28)27-18(24-2)25-7-11-29-17-16(20)12-14(13-26-17)19(21,22)23/h12-13,15H,3-11H2,1-2H3,(H2,24,25,27). The predicted molar refractivity (Wildman–Crippen MR) is 109 cm³/mol. The van der Waals surface area contributed by atoms with Crippen molar-refractivity contribution in [3.63, 3.8) is 0 Å². The molecule has 164 valence electrons. The normalized spacial score (nSPS) is 16.7. The molecule has 10 heteroatoms. The van der Waals surface area contributed by atoms with Crippen LogP contribution in [0.25, 0.3) is 0 Å². The highest BCUT2D eigenvalue weighted by molar-refractivity contribution is 6.31. The Kier molecular flexibility index (Phi) is 9.29. The fraction of sp³-hybridized carbons (Fsp3) is 0.684. The quantitative estimate of drug-likeness (QED) is 0.371. The summed E-state index contributed by atoms with van der Waals surface area (Å²) < 4.78 is 43.3. The lowest BCUT2D eigenvalue weighted by Crippen LogP contribution is -2.49. The van der Waals surface area contributed by atoms with Gasteiger partial charge in [-0.15, -0.1) is 0 Å². The van der Waals surface area contributed by atoms with Gasteiger partial charge in [0.1, 0.15) is 11.6 Å². The van der Waals surface area contributed by atoms with E-state index in [4.69, 9.17) is 16.3 Å². The summed E-state index contributed by atoms with van der Waals surface area (Å²) in [5.41, 5.74) is -0.904. The van der Waals surface area contributed by atoms with Crippen molar-refractivity contribution in [3.8, 4) is 5.88 Å². The summed E-state index contributed by atoms with van der Waals surface area (Å²) in [6.45, 7) is 6.12. The second-order valence-electron chi connectivity index (χ2n) is 6.97. The monoisotopic (exact) mass is 435 g/mol. The second kappa shape index (κ2) is 11.4. The van der Waals surface area contributed by atoms with Gasteiger partial charge in [-0.05, 0) is 31.9 Å². The van der Waals surface area contributed by atoms with E-state index in [0.717, 1.165) is 38.5 Å². The number of rotatable bonds is 8. The highest BCUT2D eigenvalue weighted by atomic mass is 35.5. The van der Waals surface area contributed by atoms with E-state index in [-0.39, 0.29) is 17.5 Å². The van der Waals surface area contributed by atoms with Gasteiger partial charge in [-0.1, -0.05) is 24.9 Å². The third-order valence-electron chi connectivity index (χ3n) is 4.75. The molecule has 2 rings (SSSR count). The van der Waals surface area contributed by atoms with Crippen molar-refractivity contribution < 1.29 is 17.9 Å². The molecule has 6 nitrogen and oxygen atoms in total. The van der Waals surface area contributed by atoms with Gasteiger partial charge in [0.25, 0.3) is 0 Å². The van der Waals surface area contributed by atoms with Crippen molar-refractivity contribution in [2.45, 2.75) is 44.8 Å². The molecular formula is C19H29ClF3N5O. The lowest BCUT2D eigenvalue weighted by molar-refractivity contribution is -0.137. The van der Waals surface area contributed by atoms with Crippen LogP contribution in [0.4, 0.5) is 13.2 Å². The van der Waals surface area contributed by atoms with E-state index >= 15 is 0 Å². The van der Waals surface area contributed by atoms with Gasteiger partial charge in [-0.25, -0.2) is 4.98 Å². The number of nitrogens with one attached hydrogen (secondary N) is 2.